The lowest BCUT2D eigenvalue weighted by atomic mass is 9.96. The van der Waals surface area contributed by atoms with E-state index in [-0.39, 0.29) is 11.5 Å². The van der Waals surface area contributed by atoms with Crippen molar-refractivity contribution in [2.75, 3.05) is 20.2 Å². The van der Waals surface area contributed by atoms with Crippen LogP contribution in [0.1, 0.15) is 17.4 Å². The van der Waals surface area contributed by atoms with E-state index in [2.05, 4.69) is 4.98 Å². The Kier molecular flexibility index (Phi) is 2.80. The van der Waals surface area contributed by atoms with Gasteiger partial charge in [0.15, 0.2) is 0 Å². The van der Waals surface area contributed by atoms with Crippen LogP contribution in [0, 0.1) is 0 Å². The maximum Gasteiger partial charge on any atom is 0.270 e. The van der Waals surface area contributed by atoms with Gasteiger partial charge in [0, 0.05) is 23.0 Å². The molecule has 1 aromatic heterocycles. The number of nitrogens with zero attached hydrogens (tertiary/aromatic N) is 1. The van der Waals surface area contributed by atoms with Crippen LogP contribution in [0.3, 0.4) is 0 Å². The Morgan fingerprint density at radius 3 is 2.84 bits per heavy atom. The summed E-state index contributed by atoms with van der Waals surface area (Å²) >= 11 is 5.93. The van der Waals surface area contributed by atoms with Gasteiger partial charge in [0.1, 0.15) is 11.3 Å². The number of fused-ring (bicyclic) bond motifs is 1. The number of carbonyl (C=O) groups excluding carboxylic acids is 1. The molecule has 0 spiro atoms. The van der Waals surface area contributed by atoms with Gasteiger partial charge in [-0.05, 0) is 25.1 Å². The van der Waals surface area contributed by atoms with Crippen LogP contribution < -0.4 is 0 Å². The van der Waals surface area contributed by atoms with Gasteiger partial charge >= 0.3 is 0 Å². The van der Waals surface area contributed by atoms with Crippen LogP contribution in [-0.2, 0) is 4.74 Å². The zero-order valence-corrected chi connectivity index (χ0v) is 11.6. The first-order chi connectivity index (χ1) is 9.00. The van der Waals surface area contributed by atoms with Crippen LogP contribution in [0.5, 0.6) is 0 Å². The van der Waals surface area contributed by atoms with E-state index in [4.69, 9.17) is 16.3 Å². The summed E-state index contributed by atoms with van der Waals surface area (Å²) in [4.78, 5) is 17.2. The number of aromatic nitrogens is 1. The van der Waals surface area contributed by atoms with Crippen molar-refractivity contribution in [1.29, 1.82) is 0 Å². The van der Waals surface area contributed by atoms with Gasteiger partial charge in [0.05, 0.1) is 13.1 Å². The summed E-state index contributed by atoms with van der Waals surface area (Å²) in [6, 6.07) is 7.40. The smallest absolute Gasteiger partial charge is 0.270 e. The third-order valence-electron chi connectivity index (χ3n) is 3.65. The van der Waals surface area contributed by atoms with E-state index in [1.165, 1.54) is 0 Å². The molecular formula is C14H15ClN2O2. The Bertz CT molecular complexity index is 644. The molecule has 19 heavy (non-hydrogen) atoms. The highest BCUT2D eigenvalue weighted by Crippen LogP contribution is 2.27. The van der Waals surface area contributed by atoms with Gasteiger partial charge in [-0.15, -0.1) is 0 Å². The number of nitrogens with one attached hydrogen (secondary N) is 1. The number of halogens is 1. The Hall–Kier alpha value is -1.52. The number of methoxy groups -OCH3 is 1. The predicted molar refractivity (Wildman–Crippen MR) is 74.6 cm³/mol. The first kappa shape index (κ1) is 12.5. The summed E-state index contributed by atoms with van der Waals surface area (Å²) in [6.07, 6.45) is 0. The number of hydrogen-bond donors (Lipinski definition) is 1. The van der Waals surface area contributed by atoms with Gasteiger partial charge in [-0.1, -0.05) is 17.7 Å². The van der Waals surface area contributed by atoms with Crippen molar-refractivity contribution in [3.05, 3.63) is 35.0 Å². The molecule has 0 radical (unpaired) electrons. The summed E-state index contributed by atoms with van der Waals surface area (Å²) in [6.45, 7) is 3.25. The SMILES string of the molecule is COC1(C)CN(C(=O)c2cc3ccc(Cl)cc3[nH]2)C1. The number of benzene rings is 1. The highest BCUT2D eigenvalue weighted by molar-refractivity contribution is 6.31. The van der Waals surface area contributed by atoms with Gasteiger partial charge < -0.3 is 14.6 Å². The average molecular weight is 279 g/mol. The van der Waals surface area contributed by atoms with Crippen LogP contribution in [-0.4, -0.2) is 41.6 Å². The van der Waals surface area contributed by atoms with E-state index in [9.17, 15) is 4.79 Å². The van der Waals surface area contributed by atoms with Crippen molar-refractivity contribution in [2.45, 2.75) is 12.5 Å². The minimum Gasteiger partial charge on any atom is -0.375 e. The maximum atomic E-state index is 12.3. The lowest BCUT2D eigenvalue weighted by Crippen LogP contribution is -2.62. The van der Waals surface area contributed by atoms with E-state index in [1.807, 2.05) is 31.2 Å². The molecule has 0 aliphatic carbocycles. The van der Waals surface area contributed by atoms with Crippen molar-refractivity contribution in [2.24, 2.45) is 0 Å². The molecule has 1 aliphatic rings. The molecule has 1 aromatic carbocycles. The number of amides is 1. The minimum atomic E-state index is -0.203. The molecule has 0 unspecified atom stereocenters. The monoisotopic (exact) mass is 278 g/mol. The standard InChI is InChI=1S/C14H15ClN2O2/c1-14(19-2)7-17(8-14)13(18)12-5-9-3-4-10(15)6-11(9)16-12/h3-6,16H,7-8H2,1-2H3. The highest BCUT2D eigenvalue weighted by Gasteiger charge is 2.41. The maximum absolute atomic E-state index is 12.3. The van der Waals surface area contributed by atoms with Gasteiger partial charge in [-0.25, -0.2) is 0 Å². The molecule has 3 rings (SSSR count). The normalized spacial score (nSPS) is 17.5. The van der Waals surface area contributed by atoms with E-state index in [0.29, 0.717) is 23.8 Å². The summed E-state index contributed by atoms with van der Waals surface area (Å²) in [5.41, 5.74) is 1.27. The quantitative estimate of drug-likeness (QED) is 0.918. The van der Waals surface area contributed by atoms with Gasteiger partial charge in [0.2, 0.25) is 0 Å². The molecule has 2 aromatic rings. The van der Waals surface area contributed by atoms with Crippen molar-refractivity contribution in [3.8, 4) is 0 Å². The fourth-order valence-electron chi connectivity index (χ4n) is 2.42. The number of ether oxygens (including phenoxy) is 1. The molecule has 0 bridgehead atoms. The first-order valence-corrected chi connectivity index (χ1v) is 6.51. The van der Waals surface area contributed by atoms with Gasteiger partial charge in [-0.3, -0.25) is 4.79 Å². The summed E-state index contributed by atoms with van der Waals surface area (Å²) in [5.74, 6) is 0.00171. The molecule has 1 saturated heterocycles. The Morgan fingerprint density at radius 2 is 2.16 bits per heavy atom. The number of likely N-dealkylation sites (tertiary alicyclic amines) is 1. The largest absolute Gasteiger partial charge is 0.375 e. The van der Waals surface area contributed by atoms with Gasteiger partial charge in [0.25, 0.3) is 5.91 Å². The van der Waals surface area contributed by atoms with Gasteiger partial charge in [-0.2, -0.15) is 0 Å². The molecule has 1 aliphatic heterocycles. The third kappa shape index (κ3) is 2.11. The average Bonchev–Trinajstić information content (AvgIpc) is 2.77. The Balaban J connectivity index is 1.83. The zero-order chi connectivity index (χ0) is 13.6. The van der Waals surface area contributed by atoms with Crippen molar-refractivity contribution in [3.63, 3.8) is 0 Å². The van der Waals surface area contributed by atoms with Crippen LogP contribution in [0.25, 0.3) is 10.9 Å². The van der Waals surface area contributed by atoms with E-state index in [1.54, 1.807) is 12.0 Å². The van der Waals surface area contributed by atoms with Crippen LogP contribution >= 0.6 is 11.6 Å². The summed E-state index contributed by atoms with van der Waals surface area (Å²) < 4.78 is 5.34. The molecule has 1 amide bonds. The lowest BCUT2D eigenvalue weighted by Gasteiger charge is -2.46. The summed E-state index contributed by atoms with van der Waals surface area (Å²) in [5, 5.41) is 1.65. The van der Waals surface area contributed by atoms with Crippen LogP contribution in [0.2, 0.25) is 5.02 Å². The molecule has 0 saturated carbocycles. The van der Waals surface area contributed by atoms with Crippen LogP contribution in [0.4, 0.5) is 0 Å². The fraction of sp³-hybridized carbons (Fsp3) is 0.357. The number of H-pyrrole nitrogens is 1. The van der Waals surface area contributed by atoms with E-state index < -0.39 is 0 Å². The van der Waals surface area contributed by atoms with E-state index in [0.717, 1.165) is 10.9 Å². The van der Waals surface area contributed by atoms with Crippen LogP contribution in [0.15, 0.2) is 24.3 Å². The predicted octanol–water partition coefficient (Wildman–Crippen LogP) is 2.68. The summed E-state index contributed by atoms with van der Waals surface area (Å²) in [7, 11) is 1.67. The second-order valence-electron chi connectivity index (χ2n) is 5.23. The number of aromatic amines is 1. The zero-order valence-electron chi connectivity index (χ0n) is 10.9. The Labute approximate surface area is 116 Å². The minimum absolute atomic E-state index is 0.00171. The fourth-order valence-corrected chi connectivity index (χ4v) is 2.59. The number of hydrogen-bond acceptors (Lipinski definition) is 2. The third-order valence-corrected chi connectivity index (χ3v) is 3.88. The molecule has 0 atom stereocenters. The molecule has 2 heterocycles. The van der Waals surface area contributed by atoms with E-state index >= 15 is 0 Å². The molecule has 5 heteroatoms. The molecule has 1 fully saturated rings. The first-order valence-electron chi connectivity index (χ1n) is 6.13. The van der Waals surface area contributed by atoms with Crippen molar-refractivity contribution < 1.29 is 9.53 Å². The topological polar surface area (TPSA) is 45.3 Å². The number of carbonyl (C=O) groups is 1. The molecule has 4 nitrogen and oxygen atoms in total. The Morgan fingerprint density at radius 1 is 1.42 bits per heavy atom. The lowest BCUT2D eigenvalue weighted by molar-refractivity contribution is -0.0948. The second kappa shape index (κ2) is 4.25. The second-order valence-corrected chi connectivity index (χ2v) is 5.67. The molecule has 100 valence electrons. The molecule has 1 N–H and O–H groups in total. The molecular weight excluding hydrogens is 264 g/mol. The van der Waals surface area contributed by atoms with Crippen molar-refractivity contribution >= 4 is 28.4 Å². The number of rotatable bonds is 2. The van der Waals surface area contributed by atoms with Crippen molar-refractivity contribution in [1.82, 2.24) is 9.88 Å². The highest BCUT2D eigenvalue weighted by atomic mass is 35.5.